The largest absolute Gasteiger partial charge is 0.354 e. The van der Waals surface area contributed by atoms with E-state index in [-0.39, 0.29) is 17.7 Å². The van der Waals surface area contributed by atoms with Crippen molar-refractivity contribution in [1.29, 1.82) is 0 Å². The summed E-state index contributed by atoms with van der Waals surface area (Å²) >= 11 is 0. The number of unbranched alkanes of at least 4 members (excludes halogenated alkanes) is 15. The van der Waals surface area contributed by atoms with Gasteiger partial charge in [0.05, 0.1) is 0 Å². The molecule has 0 bridgehead atoms. The van der Waals surface area contributed by atoms with Gasteiger partial charge in [0.15, 0.2) is 0 Å². The molecule has 0 saturated carbocycles. The Morgan fingerprint density at radius 3 is 1.71 bits per heavy atom. The Bertz CT molecular complexity index is 816. The molecule has 0 aliphatic rings. The van der Waals surface area contributed by atoms with Crippen LogP contribution in [0.15, 0.2) is 24.5 Å². The van der Waals surface area contributed by atoms with Gasteiger partial charge < -0.3 is 16.0 Å². The summed E-state index contributed by atoms with van der Waals surface area (Å²) in [6, 6.07) is 3.39. The fraction of sp³-hybridized carbons (Fsp3) is 0.771. The minimum atomic E-state index is -0.436. The SMILES string of the molecule is CCCCCCCCCCCC(=O)NC(CC(C)C)C(=O)NCCCCCCCCCCC(=O)NCc1ccncc1. The van der Waals surface area contributed by atoms with Crippen LogP contribution in [0.25, 0.3) is 0 Å². The zero-order valence-corrected chi connectivity index (χ0v) is 27.2. The molecule has 1 atom stereocenters. The molecule has 7 heteroatoms. The third-order valence-corrected chi connectivity index (χ3v) is 7.74. The predicted octanol–water partition coefficient (Wildman–Crippen LogP) is 7.78. The fourth-order valence-electron chi connectivity index (χ4n) is 5.16. The van der Waals surface area contributed by atoms with Crippen LogP contribution in [0.4, 0.5) is 0 Å². The molecule has 0 spiro atoms. The summed E-state index contributed by atoms with van der Waals surface area (Å²) in [6.45, 7) is 7.65. The summed E-state index contributed by atoms with van der Waals surface area (Å²) in [5, 5.41) is 9.02. The molecule has 0 aliphatic carbocycles. The number of pyridine rings is 1. The molecule has 1 unspecified atom stereocenters. The Morgan fingerprint density at radius 1 is 0.667 bits per heavy atom. The molecule has 1 heterocycles. The van der Waals surface area contributed by atoms with Gasteiger partial charge in [-0.3, -0.25) is 19.4 Å². The molecule has 1 aromatic heterocycles. The zero-order valence-electron chi connectivity index (χ0n) is 27.2. The second kappa shape index (κ2) is 26.2. The highest BCUT2D eigenvalue weighted by Crippen LogP contribution is 2.12. The van der Waals surface area contributed by atoms with Crippen molar-refractivity contribution in [2.24, 2.45) is 5.92 Å². The number of rotatable bonds is 27. The van der Waals surface area contributed by atoms with Crippen LogP contribution in [0, 0.1) is 5.92 Å². The van der Waals surface area contributed by atoms with Gasteiger partial charge in [0.1, 0.15) is 6.04 Å². The average Bonchev–Trinajstić information content (AvgIpc) is 2.97. The number of carbonyl (C=O) groups is 3. The Labute approximate surface area is 257 Å². The van der Waals surface area contributed by atoms with Gasteiger partial charge in [0.25, 0.3) is 0 Å². The first-order chi connectivity index (χ1) is 20.4. The van der Waals surface area contributed by atoms with Gasteiger partial charge in [0.2, 0.25) is 17.7 Å². The molecule has 3 amide bonds. The fourth-order valence-corrected chi connectivity index (χ4v) is 5.16. The van der Waals surface area contributed by atoms with E-state index in [0.29, 0.717) is 38.3 Å². The highest BCUT2D eigenvalue weighted by atomic mass is 16.2. The minimum absolute atomic E-state index is 0.00401. The Balaban J connectivity index is 2.03. The van der Waals surface area contributed by atoms with Crippen LogP contribution in [0.3, 0.4) is 0 Å². The van der Waals surface area contributed by atoms with Crippen LogP contribution in [0.2, 0.25) is 0 Å². The molecular formula is C35H62N4O3. The lowest BCUT2D eigenvalue weighted by atomic mass is 10.0. The number of carbonyl (C=O) groups excluding carboxylic acids is 3. The lowest BCUT2D eigenvalue weighted by Crippen LogP contribution is -2.47. The number of nitrogens with one attached hydrogen (secondary N) is 3. The molecule has 0 radical (unpaired) electrons. The molecule has 240 valence electrons. The molecule has 1 rings (SSSR count). The van der Waals surface area contributed by atoms with Gasteiger partial charge in [-0.1, -0.05) is 111 Å². The standard InChI is InChI=1S/C35H62N4O3/c1-4-5-6-7-8-9-13-16-19-22-34(41)39-32(28-30(2)3)35(42)37-25-20-17-14-11-10-12-15-18-21-33(40)38-29-31-23-26-36-27-24-31/h23-24,26-27,30,32H,4-22,25,28-29H2,1-3H3,(H,37,42)(H,38,40)(H,39,41). The minimum Gasteiger partial charge on any atom is -0.354 e. The average molecular weight is 587 g/mol. The summed E-state index contributed by atoms with van der Waals surface area (Å²) < 4.78 is 0. The third kappa shape index (κ3) is 22.2. The molecule has 0 aliphatic heterocycles. The maximum Gasteiger partial charge on any atom is 0.242 e. The Morgan fingerprint density at radius 2 is 1.17 bits per heavy atom. The normalized spacial score (nSPS) is 11.8. The quantitative estimate of drug-likeness (QED) is 0.0917. The van der Waals surface area contributed by atoms with Crippen molar-refractivity contribution in [1.82, 2.24) is 20.9 Å². The van der Waals surface area contributed by atoms with Crippen molar-refractivity contribution in [3.05, 3.63) is 30.1 Å². The molecule has 7 nitrogen and oxygen atoms in total. The van der Waals surface area contributed by atoms with E-state index in [2.05, 4.69) is 41.7 Å². The van der Waals surface area contributed by atoms with Crippen LogP contribution in [0.1, 0.15) is 155 Å². The van der Waals surface area contributed by atoms with Crippen molar-refractivity contribution in [3.8, 4) is 0 Å². The number of aromatic nitrogens is 1. The Kier molecular flexibility index (Phi) is 23.5. The van der Waals surface area contributed by atoms with Crippen LogP contribution in [-0.4, -0.2) is 35.3 Å². The molecule has 0 saturated heterocycles. The molecule has 42 heavy (non-hydrogen) atoms. The van der Waals surface area contributed by atoms with Gasteiger partial charge in [-0.05, 0) is 49.3 Å². The number of nitrogens with zero attached hydrogens (tertiary/aromatic N) is 1. The van der Waals surface area contributed by atoms with Crippen LogP contribution in [0.5, 0.6) is 0 Å². The van der Waals surface area contributed by atoms with Crippen molar-refractivity contribution in [2.45, 2.75) is 162 Å². The first-order valence-electron chi connectivity index (χ1n) is 17.1. The highest BCUT2D eigenvalue weighted by Gasteiger charge is 2.21. The first-order valence-corrected chi connectivity index (χ1v) is 17.1. The van der Waals surface area contributed by atoms with Crippen molar-refractivity contribution in [2.75, 3.05) is 6.54 Å². The number of amides is 3. The van der Waals surface area contributed by atoms with Gasteiger partial charge in [-0.2, -0.15) is 0 Å². The lowest BCUT2D eigenvalue weighted by molar-refractivity contribution is -0.129. The molecule has 3 N–H and O–H groups in total. The van der Waals surface area contributed by atoms with E-state index in [0.717, 1.165) is 56.9 Å². The Hall–Kier alpha value is -2.44. The predicted molar refractivity (Wildman–Crippen MR) is 174 cm³/mol. The molecule has 0 aromatic carbocycles. The van der Waals surface area contributed by atoms with E-state index in [1.807, 2.05) is 12.1 Å². The second-order valence-electron chi connectivity index (χ2n) is 12.3. The number of hydrogen-bond acceptors (Lipinski definition) is 4. The van der Waals surface area contributed by atoms with E-state index in [4.69, 9.17) is 0 Å². The molecule has 0 fully saturated rings. The lowest BCUT2D eigenvalue weighted by Gasteiger charge is -2.20. The smallest absolute Gasteiger partial charge is 0.242 e. The van der Waals surface area contributed by atoms with Gasteiger partial charge in [-0.15, -0.1) is 0 Å². The van der Waals surface area contributed by atoms with E-state index in [1.54, 1.807) is 12.4 Å². The second-order valence-corrected chi connectivity index (χ2v) is 12.3. The van der Waals surface area contributed by atoms with Gasteiger partial charge >= 0.3 is 0 Å². The maximum absolute atomic E-state index is 12.8. The molecular weight excluding hydrogens is 524 g/mol. The summed E-state index contributed by atoms with van der Waals surface area (Å²) in [5.74, 6) is 0.413. The van der Waals surface area contributed by atoms with Crippen molar-refractivity contribution >= 4 is 17.7 Å². The van der Waals surface area contributed by atoms with Crippen LogP contribution >= 0.6 is 0 Å². The summed E-state index contributed by atoms with van der Waals surface area (Å²) in [6.07, 6.45) is 25.1. The van der Waals surface area contributed by atoms with Crippen molar-refractivity contribution in [3.63, 3.8) is 0 Å². The summed E-state index contributed by atoms with van der Waals surface area (Å²) in [7, 11) is 0. The summed E-state index contributed by atoms with van der Waals surface area (Å²) in [5.41, 5.74) is 1.07. The van der Waals surface area contributed by atoms with Crippen LogP contribution < -0.4 is 16.0 Å². The van der Waals surface area contributed by atoms with Gasteiger partial charge in [0, 0.05) is 38.3 Å². The van der Waals surface area contributed by atoms with E-state index in [1.165, 1.54) is 57.8 Å². The molecule has 1 aromatic rings. The van der Waals surface area contributed by atoms with Crippen molar-refractivity contribution < 1.29 is 14.4 Å². The summed E-state index contributed by atoms with van der Waals surface area (Å²) in [4.78, 5) is 41.2. The zero-order chi connectivity index (χ0) is 30.7. The van der Waals surface area contributed by atoms with E-state index in [9.17, 15) is 14.4 Å². The van der Waals surface area contributed by atoms with E-state index < -0.39 is 6.04 Å². The van der Waals surface area contributed by atoms with E-state index >= 15 is 0 Å². The van der Waals surface area contributed by atoms with Crippen LogP contribution in [-0.2, 0) is 20.9 Å². The topological polar surface area (TPSA) is 100 Å². The third-order valence-electron chi connectivity index (χ3n) is 7.74. The van der Waals surface area contributed by atoms with Gasteiger partial charge in [-0.25, -0.2) is 0 Å². The monoisotopic (exact) mass is 586 g/mol. The highest BCUT2D eigenvalue weighted by molar-refractivity contribution is 5.87. The first kappa shape index (κ1) is 37.6. The maximum atomic E-state index is 12.8. The number of hydrogen-bond donors (Lipinski definition) is 3.